The maximum Gasteiger partial charge on any atom is 0.160 e. The molecule has 0 atom stereocenters. The summed E-state index contributed by atoms with van der Waals surface area (Å²) in [5.41, 5.74) is 14.1. The number of rotatable bonds is 6. The van der Waals surface area contributed by atoms with Crippen LogP contribution in [0.1, 0.15) is 0 Å². The Morgan fingerprint density at radius 3 is 1.77 bits per heavy atom. The van der Waals surface area contributed by atoms with Crippen molar-refractivity contribution in [3.05, 3.63) is 212 Å². The maximum absolute atomic E-state index is 6.68. The first-order valence-corrected chi connectivity index (χ1v) is 22.3. The number of fused-ring (bicyclic) bond motifs is 10. The van der Waals surface area contributed by atoms with E-state index in [1.54, 1.807) is 0 Å². The number of furan rings is 1. The molecule has 0 radical (unpaired) electrons. The van der Waals surface area contributed by atoms with Gasteiger partial charge in [-0.2, -0.15) is 0 Å². The molecule has 0 bridgehead atoms. The van der Waals surface area contributed by atoms with E-state index in [2.05, 4.69) is 176 Å². The van der Waals surface area contributed by atoms with Crippen LogP contribution >= 0.6 is 11.3 Å². The molecule has 0 N–H and O–H groups in total. The predicted molar refractivity (Wildman–Crippen MR) is 268 cm³/mol. The van der Waals surface area contributed by atoms with Crippen molar-refractivity contribution in [3.8, 4) is 67.4 Å². The topological polar surface area (TPSA) is 51.8 Å². The Bertz CT molecular complexity index is 3880. The fourth-order valence-corrected chi connectivity index (χ4v) is 10.5. The number of pyridine rings is 1. The predicted octanol–water partition coefficient (Wildman–Crippen LogP) is 16.4. The molecule has 13 aromatic rings. The Morgan fingerprint density at radius 1 is 0.344 bits per heavy atom. The summed E-state index contributed by atoms with van der Waals surface area (Å²) in [6, 6.07) is 74.8. The molecule has 0 aliphatic rings. The van der Waals surface area contributed by atoms with E-state index in [0.29, 0.717) is 5.82 Å². The molecule has 13 rings (SSSR count). The molecule has 0 aliphatic carbocycles. The summed E-state index contributed by atoms with van der Waals surface area (Å²) >= 11 is 1.85. The fourth-order valence-electron chi connectivity index (χ4n) is 9.40. The molecule has 0 aliphatic heterocycles. The second-order valence-electron chi connectivity index (χ2n) is 16.3. The number of benzene rings is 9. The molecule has 0 spiro atoms. The number of aromatic nitrogens is 3. The van der Waals surface area contributed by atoms with E-state index in [-0.39, 0.29) is 0 Å². The summed E-state index contributed by atoms with van der Waals surface area (Å²) in [6.45, 7) is 0. The Labute approximate surface area is 372 Å². The zero-order valence-electron chi connectivity index (χ0n) is 34.4. The van der Waals surface area contributed by atoms with Gasteiger partial charge in [-0.15, -0.1) is 11.3 Å². The van der Waals surface area contributed by atoms with E-state index < -0.39 is 0 Å². The molecule has 0 saturated carbocycles. The Balaban J connectivity index is 0.890. The molecule has 0 amide bonds. The lowest BCUT2D eigenvalue weighted by molar-refractivity contribution is 0.670. The van der Waals surface area contributed by atoms with Gasteiger partial charge in [-0.05, 0) is 65.2 Å². The van der Waals surface area contributed by atoms with Crippen molar-refractivity contribution in [2.75, 3.05) is 0 Å². The summed E-state index contributed by atoms with van der Waals surface area (Å²) < 4.78 is 9.23. The molecule has 4 nitrogen and oxygen atoms in total. The van der Waals surface area contributed by atoms with Gasteiger partial charge in [0, 0.05) is 74.9 Å². The van der Waals surface area contributed by atoms with E-state index >= 15 is 0 Å². The lowest BCUT2D eigenvalue weighted by atomic mass is 9.95. The first kappa shape index (κ1) is 36.4. The first-order valence-electron chi connectivity index (χ1n) is 21.5. The van der Waals surface area contributed by atoms with Crippen LogP contribution < -0.4 is 0 Å². The van der Waals surface area contributed by atoms with Crippen molar-refractivity contribution in [2.24, 2.45) is 0 Å². The summed E-state index contributed by atoms with van der Waals surface area (Å²) in [5.74, 6) is 0.695. The summed E-state index contributed by atoms with van der Waals surface area (Å²) in [5, 5.41) is 8.29. The molecule has 4 heterocycles. The standard InChI is InChI=1S/C59H35N3OS/c1-4-13-38(14-5-1)50-35-51(62-59(61-50)40-17-8-3-9-18-40)42-27-30-52-47(34-42)44-21-12-20-43(58(44)63-52)37-25-23-36(24-26-37)41-28-31-53-48(33-41)56-54(64-53)32-29-46-55(56)45-19-10-11-22-49(45)60-57(46)39-15-6-2-7-16-39/h1-35H. The van der Waals surface area contributed by atoms with Crippen LogP contribution in [0.25, 0.3) is 131 Å². The maximum atomic E-state index is 6.68. The quantitative estimate of drug-likeness (QED) is 0.157. The Morgan fingerprint density at radius 2 is 0.969 bits per heavy atom. The van der Waals surface area contributed by atoms with Gasteiger partial charge >= 0.3 is 0 Å². The van der Waals surface area contributed by atoms with Gasteiger partial charge in [-0.1, -0.05) is 164 Å². The highest BCUT2D eigenvalue weighted by molar-refractivity contribution is 7.26. The minimum absolute atomic E-state index is 0.695. The van der Waals surface area contributed by atoms with Gasteiger partial charge in [0.2, 0.25) is 0 Å². The average Bonchev–Trinajstić information content (AvgIpc) is 3.95. The highest BCUT2D eigenvalue weighted by Crippen LogP contribution is 2.45. The average molecular weight is 834 g/mol. The second-order valence-corrected chi connectivity index (χ2v) is 17.4. The molecular weight excluding hydrogens is 799 g/mol. The number of hydrogen-bond donors (Lipinski definition) is 0. The molecule has 0 fully saturated rings. The van der Waals surface area contributed by atoms with E-state index in [9.17, 15) is 0 Å². The van der Waals surface area contributed by atoms with Gasteiger partial charge in [0.15, 0.2) is 5.82 Å². The summed E-state index contributed by atoms with van der Waals surface area (Å²) in [7, 11) is 0. The van der Waals surface area contributed by atoms with Gasteiger partial charge in [-0.3, -0.25) is 0 Å². The van der Waals surface area contributed by atoms with Gasteiger partial charge in [0.25, 0.3) is 0 Å². The van der Waals surface area contributed by atoms with Crippen LogP contribution in [0.15, 0.2) is 217 Å². The van der Waals surface area contributed by atoms with Crippen molar-refractivity contribution in [1.29, 1.82) is 0 Å². The molecule has 0 saturated heterocycles. The molecule has 5 heteroatoms. The third-order valence-electron chi connectivity index (χ3n) is 12.5. The monoisotopic (exact) mass is 833 g/mol. The van der Waals surface area contributed by atoms with E-state index in [4.69, 9.17) is 19.4 Å². The van der Waals surface area contributed by atoms with Crippen molar-refractivity contribution in [3.63, 3.8) is 0 Å². The second kappa shape index (κ2) is 14.7. The lowest BCUT2D eigenvalue weighted by Gasteiger charge is -2.12. The van der Waals surface area contributed by atoms with Crippen molar-refractivity contribution in [2.45, 2.75) is 0 Å². The minimum atomic E-state index is 0.695. The van der Waals surface area contributed by atoms with Gasteiger partial charge in [-0.25, -0.2) is 15.0 Å². The molecule has 0 unspecified atom stereocenters. The Hall–Kier alpha value is -8.25. The Kier molecular flexibility index (Phi) is 8.36. The van der Waals surface area contributed by atoms with Crippen LogP contribution in [-0.2, 0) is 0 Å². The summed E-state index contributed by atoms with van der Waals surface area (Å²) in [4.78, 5) is 15.3. The van der Waals surface area contributed by atoms with Crippen LogP contribution in [0.2, 0.25) is 0 Å². The third kappa shape index (κ3) is 6.01. The zero-order chi connectivity index (χ0) is 42.1. The van der Waals surface area contributed by atoms with Crippen LogP contribution in [-0.4, -0.2) is 15.0 Å². The van der Waals surface area contributed by atoms with Crippen molar-refractivity contribution >= 4 is 75.1 Å². The fraction of sp³-hybridized carbons (Fsp3) is 0. The van der Waals surface area contributed by atoms with Crippen LogP contribution in [0.3, 0.4) is 0 Å². The normalized spacial score (nSPS) is 11.8. The van der Waals surface area contributed by atoms with Gasteiger partial charge < -0.3 is 4.42 Å². The number of nitrogens with zero attached hydrogens (tertiary/aromatic N) is 3. The SMILES string of the molecule is c1ccc(-c2cc(-c3ccc4oc5c(-c6ccc(-c7ccc8sc9ccc%10c(-c%11ccccc%11)nc%11ccccc%11c%10c9c8c7)cc6)cccc5c4c3)nc(-c3ccccc3)n2)cc1. The van der Waals surface area contributed by atoms with E-state index in [1.807, 2.05) is 47.7 Å². The largest absolute Gasteiger partial charge is 0.455 e. The lowest BCUT2D eigenvalue weighted by Crippen LogP contribution is -1.95. The van der Waals surface area contributed by atoms with Gasteiger partial charge in [0.05, 0.1) is 22.6 Å². The number of thiophene rings is 1. The van der Waals surface area contributed by atoms with Crippen molar-refractivity contribution < 1.29 is 4.42 Å². The number of para-hydroxylation sites is 2. The minimum Gasteiger partial charge on any atom is -0.455 e. The third-order valence-corrected chi connectivity index (χ3v) is 13.6. The van der Waals surface area contributed by atoms with Gasteiger partial charge in [0.1, 0.15) is 11.2 Å². The molecular formula is C59H35N3OS. The van der Waals surface area contributed by atoms with E-state index in [1.165, 1.54) is 41.9 Å². The number of hydrogen-bond acceptors (Lipinski definition) is 5. The zero-order valence-corrected chi connectivity index (χ0v) is 35.2. The molecule has 9 aromatic carbocycles. The van der Waals surface area contributed by atoms with Crippen molar-refractivity contribution in [1.82, 2.24) is 15.0 Å². The first-order chi connectivity index (χ1) is 31.7. The van der Waals surface area contributed by atoms with Crippen LogP contribution in [0.4, 0.5) is 0 Å². The van der Waals surface area contributed by atoms with Crippen LogP contribution in [0.5, 0.6) is 0 Å². The van der Waals surface area contributed by atoms with Crippen LogP contribution in [0, 0.1) is 0 Å². The highest BCUT2D eigenvalue weighted by atomic mass is 32.1. The summed E-state index contributed by atoms with van der Waals surface area (Å²) in [6.07, 6.45) is 0. The smallest absolute Gasteiger partial charge is 0.160 e. The molecule has 64 heavy (non-hydrogen) atoms. The highest BCUT2D eigenvalue weighted by Gasteiger charge is 2.19. The van der Waals surface area contributed by atoms with E-state index in [0.717, 1.165) is 83.5 Å². The molecule has 298 valence electrons. The molecule has 4 aromatic heterocycles.